The first-order chi connectivity index (χ1) is 13.1. The number of amides is 3. The van der Waals surface area contributed by atoms with Gasteiger partial charge in [-0.05, 0) is 24.1 Å². The molecule has 0 bridgehead atoms. The summed E-state index contributed by atoms with van der Waals surface area (Å²) in [6, 6.07) is 2.71. The van der Waals surface area contributed by atoms with Gasteiger partial charge in [0.15, 0.2) is 12.2 Å². The Morgan fingerprint density at radius 3 is 2.78 bits per heavy atom. The monoisotopic (exact) mass is 371 g/mol. The molecule has 3 amide bonds. The minimum absolute atomic E-state index is 0.322. The molecule has 0 spiro atoms. The molecule has 2 unspecified atom stereocenters. The summed E-state index contributed by atoms with van der Waals surface area (Å²) in [6.45, 7) is 2.83. The summed E-state index contributed by atoms with van der Waals surface area (Å²) < 4.78 is 0. The Labute approximate surface area is 158 Å². The fourth-order valence-electron chi connectivity index (χ4n) is 3.19. The number of aliphatic imine (C=N–C) groups is 1. The van der Waals surface area contributed by atoms with E-state index >= 15 is 0 Å². The molecule has 144 valence electrons. The summed E-state index contributed by atoms with van der Waals surface area (Å²) in [5, 5.41) is 6.63. The standard InChI is InChI=1S/C18H25N7O2/c1-3-4-5-6-11-25-14-15(24(2)18(27)22-16(14)26)21-17(25)23-20-12-13-7-9-19-10-8-13/h7-10,12,14-15H,3-6,11H2,1-2H3,(H,21,23)(H,22,26,27)/b20-12+. The van der Waals surface area contributed by atoms with Crippen molar-refractivity contribution in [1.29, 1.82) is 0 Å². The van der Waals surface area contributed by atoms with Crippen molar-refractivity contribution in [2.45, 2.75) is 44.8 Å². The molecule has 0 aromatic carbocycles. The number of nitrogens with zero attached hydrogens (tertiary/aromatic N) is 5. The minimum Gasteiger partial charge on any atom is -0.326 e. The van der Waals surface area contributed by atoms with Crippen molar-refractivity contribution in [2.24, 2.45) is 10.1 Å². The number of likely N-dealkylation sites (N-methyl/N-ethyl adjacent to an activating group) is 1. The van der Waals surface area contributed by atoms with Crippen molar-refractivity contribution in [2.75, 3.05) is 13.6 Å². The summed E-state index contributed by atoms with van der Waals surface area (Å²) in [5.41, 5.74) is 3.84. The molecule has 2 N–H and O–H groups in total. The zero-order chi connectivity index (χ0) is 19.2. The van der Waals surface area contributed by atoms with Crippen molar-refractivity contribution in [3.05, 3.63) is 30.1 Å². The van der Waals surface area contributed by atoms with Gasteiger partial charge in [-0.3, -0.25) is 15.1 Å². The lowest BCUT2D eigenvalue weighted by Gasteiger charge is -2.36. The Bertz CT molecular complexity index is 734. The number of urea groups is 1. The molecule has 3 rings (SSSR count). The second-order valence-electron chi connectivity index (χ2n) is 6.62. The number of aromatic nitrogens is 1. The highest BCUT2D eigenvalue weighted by Crippen LogP contribution is 2.23. The lowest BCUT2D eigenvalue weighted by molar-refractivity contribution is -0.127. The van der Waals surface area contributed by atoms with Crippen molar-refractivity contribution in [3.63, 3.8) is 0 Å². The number of unbranched alkanes of at least 4 members (excludes halogenated alkanes) is 3. The van der Waals surface area contributed by atoms with Crippen LogP contribution in [0, 0.1) is 0 Å². The van der Waals surface area contributed by atoms with E-state index in [-0.39, 0.29) is 5.91 Å². The van der Waals surface area contributed by atoms with Crippen LogP contribution in [0.1, 0.15) is 38.2 Å². The van der Waals surface area contributed by atoms with Gasteiger partial charge in [0.1, 0.15) is 0 Å². The molecule has 27 heavy (non-hydrogen) atoms. The van der Waals surface area contributed by atoms with Gasteiger partial charge in [-0.15, -0.1) is 0 Å². The molecule has 1 aromatic heterocycles. The van der Waals surface area contributed by atoms with Gasteiger partial charge >= 0.3 is 6.03 Å². The molecule has 1 fully saturated rings. The molecule has 0 radical (unpaired) electrons. The molecule has 2 aliphatic heterocycles. The van der Waals surface area contributed by atoms with E-state index in [1.54, 1.807) is 25.7 Å². The molecule has 0 saturated carbocycles. The zero-order valence-corrected chi connectivity index (χ0v) is 15.6. The quantitative estimate of drug-likeness (QED) is 0.425. The summed E-state index contributed by atoms with van der Waals surface area (Å²) in [4.78, 5) is 36.2. The smallest absolute Gasteiger partial charge is 0.325 e. The van der Waals surface area contributed by atoms with Gasteiger partial charge in [-0.1, -0.05) is 26.2 Å². The molecule has 3 heterocycles. The van der Waals surface area contributed by atoms with E-state index in [4.69, 9.17) is 0 Å². The SMILES string of the molecule is CCCCCCN1C(N/N=C/c2ccncc2)=NC2C1C(=O)NC(=O)N2C. The van der Waals surface area contributed by atoms with Crippen LogP contribution in [-0.4, -0.2) is 64.7 Å². The van der Waals surface area contributed by atoms with Gasteiger partial charge in [0.05, 0.1) is 6.21 Å². The third-order valence-electron chi connectivity index (χ3n) is 4.70. The van der Waals surface area contributed by atoms with Crippen LogP contribution in [0.4, 0.5) is 4.79 Å². The van der Waals surface area contributed by atoms with E-state index in [1.165, 1.54) is 4.90 Å². The highest BCUT2D eigenvalue weighted by atomic mass is 16.2. The maximum atomic E-state index is 12.4. The largest absolute Gasteiger partial charge is 0.326 e. The number of fused-ring (bicyclic) bond motifs is 1. The first-order valence-electron chi connectivity index (χ1n) is 9.23. The number of guanidine groups is 1. The molecule has 9 nitrogen and oxygen atoms in total. The Morgan fingerprint density at radius 1 is 1.26 bits per heavy atom. The van der Waals surface area contributed by atoms with Crippen molar-refractivity contribution in [1.82, 2.24) is 25.5 Å². The summed E-state index contributed by atoms with van der Waals surface area (Å²) in [7, 11) is 1.64. The predicted molar refractivity (Wildman–Crippen MR) is 102 cm³/mol. The normalized spacial score (nSPS) is 22.1. The van der Waals surface area contributed by atoms with E-state index < -0.39 is 18.2 Å². The van der Waals surface area contributed by atoms with Gasteiger partial charge in [0.2, 0.25) is 5.96 Å². The summed E-state index contributed by atoms with van der Waals surface area (Å²) in [5.74, 6) is 0.181. The first-order valence-corrected chi connectivity index (χ1v) is 9.23. The zero-order valence-electron chi connectivity index (χ0n) is 15.6. The third-order valence-corrected chi connectivity index (χ3v) is 4.70. The molecular formula is C18H25N7O2. The second kappa shape index (κ2) is 8.61. The first kappa shape index (κ1) is 18.8. The maximum absolute atomic E-state index is 12.4. The van der Waals surface area contributed by atoms with Gasteiger partial charge in [0.25, 0.3) is 5.91 Å². The van der Waals surface area contributed by atoms with E-state index in [0.29, 0.717) is 12.5 Å². The predicted octanol–water partition coefficient (Wildman–Crippen LogP) is 1.13. The van der Waals surface area contributed by atoms with Crippen LogP contribution in [0.2, 0.25) is 0 Å². The molecule has 1 aromatic rings. The molecular weight excluding hydrogens is 346 g/mol. The van der Waals surface area contributed by atoms with Crippen LogP contribution in [0.15, 0.2) is 34.6 Å². The number of hydrogen-bond donors (Lipinski definition) is 2. The van der Waals surface area contributed by atoms with Gasteiger partial charge in [0, 0.05) is 26.0 Å². The Balaban J connectivity index is 1.74. The number of hydrogen-bond acceptors (Lipinski definition) is 7. The Morgan fingerprint density at radius 2 is 2.04 bits per heavy atom. The fraction of sp³-hybridized carbons (Fsp3) is 0.500. The van der Waals surface area contributed by atoms with E-state index in [0.717, 1.165) is 31.2 Å². The Hall–Kier alpha value is -2.97. The van der Waals surface area contributed by atoms with Crippen LogP contribution < -0.4 is 10.7 Å². The maximum Gasteiger partial charge on any atom is 0.325 e. The van der Waals surface area contributed by atoms with Crippen LogP contribution in [0.3, 0.4) is 0 Å². The molecule has 0 aliphatic carbocycles. The van der Waals surface area contributed by atoms with Crippen molar-refractivity contribution < 1.29 is 9.59 Å². The molecule has 9 heteroatoms. The number of carbonyl (C=O) groups is 2. The minimum atomic E-state index is -0.545. The van der Waals surface area contributed by atoms with Gasteiger partial charge in [-0.25, -0.2) is 15.2 Å². The van der Waals surface area contributed by atoms with Crippen LogP contribution in [0.5, 0.6) is 0 Å². The average molecular weight is 371 g/mol. The number of carbonyl (C=O) groups excluding carboxylic acids is 2. The summed E-state index contributed by atoms with van der Waals surface area (Å²) >= 11 is 0. The number of pyridine rings is 1. The molecule has 2 aliphatic rings. The second-order valence-corrected chi connectivity index (χ2v) is 6.62. The lowest BCUT2D eigenvalue weighted by Crippen LogP contribution is -2.64. The highest BCUT2D eigenvalue weighted by molar-refractivity contribution is 6.03. The van der Waals surface area contributed by atoms with E-state index in [9.17, 15) is 9.59 Å². The number of nitrogens with one attached hydrogen (secondary N) is 2. The Kier molecular flexibility index (Phi) is 6.00. The topological polar surface area (TPSA) is 102 Å². The van der Waals surface area contributed by atoms with Gasteiger partial charge < -0.3 is 9.80 Å². The highest BCUT2D eigenvalue weighted by Gasteiger charge is 2.48. The lowest BCUT2D eigenvalue weighted by atomic mass is 10.1. The van der Waals surface area contributed by atoms with E-state index in [1.807, 2.05) is 17.0 Å². The number of hydrazone groups is 1. The molecule has 1 saturated heterocycles. The number of rotatable bonds is 7. The number of imide groups is 1. The van der Waals surface area contributed by atoms with Crippen molar-refractivity contribution in [3.8, 4) is 0 Å². The average Bonchev–Trinajstić information content (AvgIpc) is 3.03. The van der Waals surface area contributed by atoms with Crippen LogP contribution in [-0.2, 0) is 4.79 Å². The summed E-state index contributed by atoms with van der Waals surface area (Å²) in [6.07, 6.45) is 8.80. The van der Waals surface area contributed by atoms with Crippen LogP contribution >= 0.6 is 0 Å². The van der Waals surface area contributed by atoms with E-state index in [2.05, 4.69) is 32.7 Å². The fourth-order valence-corrected chi connectivity index (χ4v) is 3.19. The molecule has 2 atom stereocenters. The van der Waals surface area contributed by atoms with Crippen molar-refractivity contribution >= 4 is 24.1 Å². The van der Waals surface area contributed by atoms with Crippen LogP contribution in [0.25, 0.3) is 0 Å². The van der Waals surface area contributed by atoms with Gasteiger partial charge in [-0.2, -0.15) is 5.10 Å². The third kappa shape index (κ3) is 4.24.